The van der Waals surface area contributed by atoms with Crippen LogP contribution < -0.4 is 10.6 Å². The first-order valence-electron chi connectivity index (χ1n) is 6.22. The molecule has 0 saturated heterocycles. The van der Waals surface area contributed by atoms with Crippen molar-refractivity contribution >= 4 is 23.5 Å². The van der Waals surface area contributed by atoms with Gasteiger partial charge in [-0.05, 0) is 32.9 Å². The van der Waals surface area contributed by atoms with Crippen LogP contribution in [0.25, 0.3) is 0 Å². The van der Waals surface area contributed by atoms with Gasteiger partial charge in [0.1, 0.15) is 0 Å². The predicted octanol–water partition coefficient (Wildman–Crippen LogP) is 2.12. The van der Waals surface area contributed by atoms with Crippen LogP contribution in [-0.4, -0.2) is 28.9 Å². The van der Waals surface area contributed by atoms with E-state index in [0.717, 1.165) is 0 Å². The summed E-state index contributed by atoms with van der Waals surface area (Å²) in [4.78, 5) is 33.8. The van der Waals surface area contributed by atoms with Crippen LogP contribution >= 0.6 is 0 Å². The summed E-state index contributed by atoms with van der Waals surface area (Å²) in [5.74, 6) is -1.76. The van der Waals surface area contributed by atoms with Gasteiger partial charge in [-0.25, -0.2) is 4.79 Å². The number of urea groups is 1. The third-order valence-corrected chi connectivity index (χ3v) is 3.03. The van der Waals surface area contributed by atoms with Gasteiger partial charge in [-0.1, -0.05) is 12.1 Å². The van der Waals surface area contributed by atoms with Gasteiger partial charge in [-0.3, -0.25) is 9.59 Å². The molecule has 20 heavy (non-hydrogen) atoms. The van der Waals surface area contributed by atoms with Crippen LogP contribution in [0.15, 0.2) is 24.3 Å². The minimum absolute atomic E-state index is 0.0954. The maximum Gasteiger partial charge on any atom is 0.319 e. The molecule has 6 nitrogen and oxygen atoms in total. The third-order valence-electron chi connectivity index (χ3n) is 3.03. The average molecular weight is 278 g/mol. The fourth-order valence-corrected chi connectivity index (χ4v) is 1.53. The van der Waals surface area contributed by atoms with Gasteiger partial charge in [0, 0.05) is 17.3 Å². The molecule has 0 aromatic heterocycles. The van der Waals surface area contributed by atoms with Gasteiger partial charge >= 0.3 is 12.0 Å². The lowest BCUT2D eigenvalue weighted by atomic mass is 10.0. The number of Topliss-reactive ketones (excluding diaryl/α,β-unsaturated/α-hetero) is 1. The summed E-state index contributed by atoms with van der Waals surface area (Å²) in [6.07, 6.45) is 0. The summed E-state index contributed by atoms with van der Waals surface area (Å²) < 4.78 is 0. The maximum atomic E-state index is 11.7. The normalized spacial score (nSPS) is 13.2. The molecule has 2 unspecified atom stereocenters. The van der Waals surface area contributed by atoms with Crippen molar-refractivity contribution in [1.82, 2.24) is 5.32 Å². The zero-order chi connectivity index (χ0) is 15.3. The second kappa shape index (κ2) is 6.70. The standard InChI is InChI=1S/C14H18N2O4/c1-8(13(18)19)9(2)15-14(20)16-12-6-4-5-11(7-12)10(3)17/h4-9H,1-3H3,(H,18,19)(H2,15,16,20). The Morgan fingerprint density at radius 2 is 1.85 bits per heavy atom. The van der Waals surface area contributed by atoms with Crippen molar-refractivity contribution in [2.24, 2.45) is 5.92 Å². The molecule has 1 aromatic rings. The predicted molar refractivity (Wildman–Crippen MR) is 74.9 cm³/mol. The molecule has 0 spiro atoms. The fourth-order valence-electron chi connectivity index (χ4n) is 1.53. The lowest BCUT2D eigenvalue weighted by Crippen LogP contribution is -2.42. The Hall–Kier alpha value is -2.37. The Bertz CT molecular complexity index is 528. The number of carboxylic acids is 1. The Kier molecular flexibility index (Phi) is 5.25. The number of rotatable bonds is 5. The van der Waals surface area contributed by atoms with E-state index in [9.17, 15) is 14.4 Å². The molecule has 3 N–H and O–H groups in total. The molecule has 2 amide bonds. The number of ketones is 1. The number of amides is 2. The van der Waals surface area contributed by atoms with E-state index in [0.29, 0.717) is 11.3 Å². The SMILES string of the molecule is CC(=O)c1cccc(NC(=O)NC(C)C(C)C(=O)O)c1. The van der Waals surface area contributed by atoms with Crippen LogP contribution in [0.1, 0.15) is 31.1 Å². The van der Waals surface area contributed by atoms with Gasteiger partial charge in [0.15, 0.2) is 5.78 Å². The zero-order valence-electron chi connectivity index (χ0n) is 11.6. The molecule has 0 saturated carbocycles. The minimum Gasteiger partial charge on any atom is -0.481 e. The molecule has 0 aliphatic carbocycles. The summed E-state index contributed by atoms with van der Waals surface area (Å²) in [7, 11) is 0. The lowest BCUT2D eigenvalue weighted by Gasteiger charge is -2.18. The Balaban J connectivity index is 2.65. The van der Waals surface area contributed by atoms with E-state index in [1.807, 2.05) is 0 Å². The zero-order valence-corrected chi connectivity index (χ0v) is 11.6. The number of benzene rings is 1. The number of hydrogen-bond donors (Lipinski definition) is 3. The average Bonchev–Trinajstić information content (AvgIpc) is 2.37. The van der Waals surface area contributed by atoms with Crippen LogP contribution in [0.2, 0.25) is 0 Å². The summed E-state index contributed by atoms with van der Waals surface area (Å²) in [5, 5.41) is 14.0. The Labute approximate surface area is 117 Å². The highest BCUT2D eigenvalue weighted by molar-refractivity contribution is 5.96. The number of anilines is 1. The monoisotopic (exact) mass is 278 g/mol. The molecule has 2 atom stereocenters. The van der Waals surface area contributed by atoms with Crippen molar-refractivity contribution in [3.63, 3.8) is 0 Å². The highest BCUT2D eigenvalue weighted by atomic mass is 16.4. The smallest absolute Gasteiger partial charge is 0.319 e. The molecule has 1 aromatic carbocycles. The van der Waals surface area contributed by atoms with Gasteiger partial charge < -0.3 is 15.7 Å². The van der Waals surface area contributed by atoms with Gasteiger partial charge in [-0.2, -0.15) is 0 Å². The molecule has 0 fully saturated rings. The minimum atomic E-state index is -0.976. The van der Waals surface area contributed by atoms with Crippen molar-refractivity contribution < 1.29 is 19.5 Å². The number of carbonyl (C=O) groups excluding carboxylic acids is 2. The van der Waals surface area contributed by atoms with E-state index in [1.54, 1.807) is 31.2 Å². The van der Waals surface area contributed by atoms with Gasteiger partial charge in [0.2, 0.25) is 0 Å². The van der Waals surface area contributed by atoms with E-state index in [1.165, 1.54) is 13.8 Å². The van der Waals surface area contributed by atoms with E-state index in [4.69, 9.17) is 5.11 Å². The Morgan fingerprint density at radius 1 is 1.20 bits per heavy atom. The fraction of sp³-hybridized carbons (Fsp3) is 0.357. The second-order valence-electron chi connectivity index (χ2n) is 4.65. The molecule has 0 aliphatic heterocycles. The molecular formula is C14H18N2O4. The van der Waals surface area contributed by atoms with E-state index in [-0.39, 0.29) is 5.78 Å². The first-order chi connectivity index (χ1) is 9.31. The summed E-state index contributed by atoms with van der Waals surface area (Å²) >= 11 is 0. The van der Waals surface area contributed by atoms with Crippen LogP contribution in [0.3, 0.4) is 0 Å². The topological polar surface area (TPSA) is 95.5 Å². The molecule has 0 heterocycles. The van der Waals surface area contributed by atoms with Gasteiger partial charge in [0.05, 0.1) is 5.92 Å². The van der Waals surface area contributed by atoms with Crippen molar-refractivity contribution in [2.75, 3.05) is 5.32 Å². The molecule has 108 valence electrons. The van der Waals surface area contributed by atoms with Gasteiger partial charge in [0.25, 0.3) is 0 Å². The van der Waals surface area contributed by atoms with Crippen LogP contribution in [0, 0.1) is 5.92 Å². The van der Waals surface area contributed by atoms with Crippen LogP contribution in [0.4, 0.5) is 10.5 Å². The molecule has 0 radical (unpaired) electrons. The number of carbonyl (C=O) groups is 3. The largest absolute Gasteiger partial charge is 0.481 e. The number of hydrogen-bond acceptors (Lipinski definition) is 3. The molecular weight excluding hydrogens is 260 g/mol. The quantitative estimate of drug-likeness (QED) is 0.719. The van der Waals surface area contributed by atoms with E-state index >= 15 is 0 Å². The van der Waals surface area contributed by atoms with Crippen molar-refractivity contribution in [3.05, 3.63) is 29.8 Å². The van der Waals surface area contributed by atoms with Crippen molar-refractivity contribution in [2.45, 2.75) is 26.8 Å². The molecule has 1 rings (SSSR count). The van der Waals surface area contributed by atoms with E-state index in [2.05, 4.69) is 10.6 Å². The second-order valence-corrected chi connectivity index (χ2v) is 4.65. The summed E-state index contributed by atoms with van der Waals surface area (Å²) in [6, 6.07) is 5.51. The lowest BCUT2D eigenvalue weighted by molar-refractivity contribution is -0.141. The maximum absolute atomic E-state index is 11.7. The number of nitrogens with one attached hydrogen (secondary N) is 2. The molecule has 6 heteroatoms. The highest BCUT2D eigenvalue weighted by Crippen LogP contribution is 2.11. The van der Waals surface area contributed by atoms with Crippen molar-refractivity contribution in [1.29, 1.82) is 0 Å². The number of aliphatic carboxylic acids is 1. The molecule has 0 aliphatic rings. The summed E-state index contributed by atoms with van der Waals surface area (Å²) in [6.45, 7) is 4.57. The summed E-state index contributed by atoms with van der Waals surface area (Å²) in [5.41, 5.74) is 0.972. The van der Waals surface area contributed by atoms with Gasteiger partial charge in [-0.15, -0.1) is 0 Å². The van der Waals surface area contributed by atoms with Crippen molar-refractivity contribution in [3.8, 4) is 0 Å². The molecule has 0 bridgehead atoms. The first kappa shape index (κ1) is 15.7. The third kappa shape index (κ3) is 4.38. The number of carboxylic acid groups (broad SMARTS) is 1. The van der Waals surface area contributed by atoms with Crippen LogP contribution in [-0.2, 0) is 4.79 Å². The van der Waals surface area contributed by atoms with Crippen LogP contribution in [0.5, 0.6) is 0 Å². The highest BCUT2D eigenvalue weighted by Gasteiger charge is 2.20. The van der Waals surface area contributed by atoms with E-state index < -0.39 is 24.0 Å². The first-order valence-corrected chi connectivity index (χ1v) is 6.22. The Morgan fingerprint density at radius 3 is 2.40 bits per heavy atom.